The minimum Gasteiger partial charge on any atom is -0.505 e. The first kappa shape index (κ1) is 31.7. The summed E-state index contributed by atoms with van der Waals surface area (Å²) >= 11 is 12.2. The molecule has 1 fully saturated rings. The molecule has 4 aromatic rings. The van der Waals surface area contributed by atoms with Gasteiger partial charge in [-0.05, 0) is 26.0 Å². The lowest BCUT2D eigenvalue weighted by atomic mass is 10.0. The van der Waals surface area contributed by atoms with Gasteiger partial charge in [-0.3, -0.25) is 23.9 Å². The number of carbonyl (C=O) groups excluding carboxylic acids is 2. The van der Waals surface area contributed by atoms with Crippen LogP contribution in [0.1, 0.15) is 36.5 Å². The van der Waals surface area contributed by atoms with E-state index in [1.807, 2.05) is 11.8 Å². The number of piperazine rings is 1. The Labute approximate surface area is 271 Å². The van der Waals surface area contributed by atoms with Gasteiger partial charge < -0.3 is 25.6 Å². The first-order valence-electron chi connectivity index (χ1n) is 14.7. The van der Waals surface area contributed by atoms with Crippen LogP contribution in [0.25, 0.3) is 22.2 Å². The summed E-state index contributed by atoms with van der Waals surface area (Å²) < 4.78 is 33.2. The summed E-state index contributed by atoms with van der Waals surface area (Å²) in [4.78, 5) is 52.0. The summed E-state index contributed by atoms with van der Waals surface area (Å²) in [7, 11) is 0. The molecule has 5 heterocycles. The van der Waals surface area contributed by atoms with E-state index in [2.05, 4.69) is 27.1 Å². The highest BCUT2D eigenvalue weighted by Crippen LogP contribution is 2.39. The number of benzene rings is 1. The molecule has 6 rings (SSSR count). The highest BCUT2D eigenvalue weighted by Gasteiger charge is 2.29. The fourth-order valence-electron chi connectivity index (χ4n) is 6.18. The maximum atomic E-state index is 15.5. The molecule has 0 aliphatic carbocycles. The van der Waals surface area contributed by atoms with E-state index in [9.17, 15) is 23.9 Å². The topological polar surface area (TPSA) is 152 Å². The van der Waals surface area contributed by atoms with Gasteiger partial charge in [0.15, 0.2) is 5.82 Å². The molecule has 0 unspecified atom stereocenters. The minimum absolute atomic E-state index is 0.00681. The van der Waals surface area contributed by atoms with Gasteiger partial charge in [-0.15, -0.1) is 0 Å². The maximum Gasteiger partial charge on any atom is 0.263 e. The molecule has 2 aliphatic heterocycles. The Morgan fingerprint density at radius 2 is 1.89 bits per heavy atom. The molecule has 0 saturated carbocycles. The van der Waals surface area contributed by atoms with Crippen molar-refractivity contribution in [3.05, 3.63) is 61.9 Å². The summed E-state index contributed by atoms with van der Waals surface area (Å²) in [5.74, 6) is -3.77. The second-order valence-corrected chi connectivity index (χ2v) is 12.1. The number of aromatic nitrogens is 4. The average Bonchev–Trinajstić information content (AvgIpc) is 3.63. The first-order chi connectivity index (χ1) is 21.9. The Balaban J connectivity index is 1.39. The van der Waals surface area contributed by atoms with E-state index in [1.165, 1.54) is 21.4 Å². The molecule has 242 valence electrons. The molecule has 16 heteroatoms. The van der Waals surface area contributed by atoms with Crippen LogP contribution in [0.2, 0.25) is 10.0 Å². The number of aryl methyl sites for hydroxylation is 1. The maximum absolute atomic E-state index is 15.5. The van der Waals surface area contributed by atoms with Gasteiger partial charge in [-0.2, -0.15) is 4.39 Å². The zero-order chi connectivity index (χ0) is 33.0. The van der Waals surface area contributed by atoms with E-state index >= 15 is 4.39 Å². The molecule has 0 bridgehead atoms. The Bertz CT molecular complexity index is 1980. The number of nitrogens with one attached hydrogen (secondary N) is 1. The number of rotatable bonds is 7. The fraction of sp³-hybridized carbons (Fsp3) is 0.367. The average molecular weight is 676 g/mol. The number of primary amides is 1. The van der Waals surface area contributed by atoms with Gasteiger partial charge in [0.1, 0.15) is 39.6 Å². The number of likely N-dealkylation sites (N-methyl/N-ethyl adjacent to an activating group) is 1. The number of hydrogen-bond acceptors (Lipinski definition) is 8. The van der Waals surface area contributed by atoms with Crippen LogP contribution in [0, 0.1) is 11.8 Å². The van der Waals surface area contributed by atoms with Crippen molar-refractivity contribution >= 4 is 57.6 Å². The molecule has 4 N–H and O–H groups in total. The smallest absolute Gasteiger partial charge is 0.263 e. The number of carbonyl (C=O) groups is 2. The summed E-state index contributed by atoms with van der Waals surface area (Å²) in [6, 6.07) is 2.54. The number of nitrogens with zero attached hydrogens (tertiary/aromatic N) is 6. The Morgan fingerprint density at radius 3 is 2.59 bits per heavy atom. The highest BCUT2D eigenvalue weighted by atomic mass is 35.5. The van der Waals surface area contributed by atoms with Crippen LogP contribution in [0.5, 0.6) is 5.75 Å². The molecule has 0 spiro atoms. The second-order valence-electron chi connectivity index (χ2n) is 11.4. The molecule has 0 radical (unpaired) electrons. The predicted octanol–water partition coefficient (Wildman–Crippen LogP) is 3.76. The third-order valence-corrected chi connectivity index (χ3v) is 9.22. The lowest BCUT2D eigenvalue weighted by molar-refractivity contribution is -0.116. The van der Waals surface area contributed by atoms with Crippen molar-refractivity contribution in [1.82, 2.24) is 24.0 Å². The molecule has 12 nitrogen and oxygen atoms in total. The molecular formula is C30H30Cl2F2N8O4. The van der Waals surface area contributed by atoms with Crippen molar-refractivity contribution in [3.8, 4) is 16.9 Å². The predicted molar refractivity (Wildman–Crippen MR) is 170 cm³/mol. The molecule has 1 atom stereocenters. The zero-order valence-electron chi connectivity index (χ0n) is 24.9. The lowest BCUT2D eigenvalue weighted by Gasteiger charge is -2.40. The van der Waals surface area contributed by atoms with Crippen molar-refractivity contribution in [1.29, 1.82) is 0 Å². The van der Waals surface area contributed by atoms with Gasteiger partial charge >= 0.3 is 0 Å². The van der Waals surface area contributed by atoms with Gasteiger partial charge in [-0.1, -0.05) is 30.1 Å². The number of hydrogen-bond donors (Lipinski definition) is 3. The van der Waals surface area contributed by atoms with Crippen molar-refractivity contribution < 1.29 is 23.5 Å². The zero-order valence-corrected chi connectivity index (χ0v) is 26.4. The van der Waals surface area contributed by atoms with Crippen molar-refractivity contribution in [2.45, 2.75) is 45.8 Å². The number of nitrogens with two attached hydrogens (primary N) is 1. The monoisotopic (exact) mass is 674 g/mol. The molecular weight excluding hydrogens is 645 g/mol. The van der Waals surface area contributed by atoms with Crippen LogP contribution in [0.15, 0.2) is 23.1 Å². The molecule has 1 saturated heterocycles. The van der Waals surface area contributed by atoms with Crippen LogP contribution in [0.3, 0.4) is 0 Å². The van der Waals surface area contributed by atoms with E-state index in [0.29, 0.717) is 37.6 Å². The van der Waals surface area contributed by atoms with Gasteiger partial charge in [0, 0.05) is 62.0 Å². The summed E-state index contributed by atoms with van der Waals surface area (Å²) in [6.45, 7) is 7.07. The largest absolute Gasteiger partial charge is 0.505 e. The molecule has 2 amide bonds. The fourth-order valence-corrected chi connectivity index (χ4v) is 6.53. The van der Waals surface area contributed by atoms with Gasteiger partial charge in [0.05, 0.1) is 16.6 Å². The molecule has 46 heavy (non-hydrogen) atoms. The van der Waals surface area contributed by atoms with E-state index in [1.54, 1.807) is 0 Å². The minimum atomic E-state index is -1.10. The standard InChI is InChI=1S/C30H30Cl2F2N8O4/c1-3-39-7-8-41(14(2)11-39)20-10-18(23(31)27(34)37-20)36-21(43)13-40-12-17(15-9-16(28(35)45)26(44)24(32)25(15)33)22-29(40)38-19-5-4-6-42(19)30(22)46/h9-10,12,14,44H,3-8,11,13H2,1-2H3,(H2,35,45)(H,36,37,43)/t14-/m0/s1. The number of anilines is 2. The molecule has 1 aromatic carbocycles. The highest BCUT2D eigenvalue weighted by molar-refractivity contribution is 6.34. The van der Waals surface area contributed by atoms with Gasteiger partial charge in [-0.25, -0.2) is 14.4 Å². The number of halogens is 4. The van der Waals surface area contributed by atoms with E-state index < -0.39 is 52.0 Å². The van der Waals surface area contributed by atoms with E-state index in [4.69, 9.17) is 28.9 Å². The van der Waals surface area contributed by atoms with E-state index in [-0.39, 0.29) is 38.9 Å². The Hall–Kier alpha value is -4.27. The summed E-state index contributed by atoms with van der Waals surface area (Å²) in [6.07, 6.45) is 2.51. The third kappa shape index (κ3) is 5.43. The van der Waals surface area contributed by atoms with Gasteiger partial charge in [0.25, 0.3) is 11.5 Å². The number of fused-ring (bicyclic) bond motifs is 2. The normalized spacial score (nSPS) is 16.7. The second kappa shape index (κ2) is 12.2. The Kier molecular flexibility index (Phi) is 8.38. The Morgan fingerprint density at radius 1 is 1.13 bits per heavy atom. The number of phenols is 1. The quantitative estimate of drug-likeness (QED) is 0.251. The summed E-state index contributed by atoms with van der Waals surface area (Å²) in [5, 5.41) is 11.7. The number of amides is 2. The van der Waals surface area contributed by atoms with Crippen LogP contribution >= 0.6 is 23.2 Å². The van der Waals surface area contributed by atoms with Gasteiger partial charge in [0.2, 0.25) is 11.9 Å². The SMILES string of the molecule is CCN1CCN(c2cc(NC(=O)Cn3cc(-c4cc(C(N)=O)c(O)c(Cl)c4F)c4c(=O)n5c(nc43)CCC5)c(Cl)c(F)n2)[C@@H](C)C1. The van der Waals surface area contributed by atoms with Crippen molar-refractivity contribution in [2.75, 3.05) is 36.4 Å². The van der Waals surface area contributed by atoms with Crippen LogP contribution in [-0.2, 0) is 24.3 Å². The van der Waals surface area contributed by atoms with Crippen molar-refractivity contribution in [2.24, 2.45) is 5.73 Å². The lowest BCUT2D eigenvalue weighted by Crippen LogP contribution is -2.52. The molecule has 3 aromatic heterocycles. The van der Waals surface area contributed by atoms with Crippen LogP contribution < -0.4 is 21.5 Å². The summed E-state index contributed by atoms with van der Waals surface area (Å²) in [5.41, 5.74) is 4.24. The first-order valence-corrected chi connectivity index (χ1v) is 15.4. The van der Waals surface area contributed by atoms with Crippen molar-refractivity contribution in [3.63, 3.8) is 0 Å². The number of pyridine rings is 1. The molecule has 2 aliphatic rings. The third-order valence-electron chi connectivity index (χ3n) is 8.52. The van der Waals surface area contributed by atoms with E-state index in [0.717, 1.165) is 25.7 Å². The number of aromatic hydroxyl groups is 1. The van der Waals surface area contributed by atoms with Crippen LogP contribution in [0.4, 0.5) is 20.3 Å². The van der Waals surface area contributed by atoms with Crippen LogP contribution in [-0.4, -0.2) is 73.1 Å².